The molecule has 7 nitrogen and oxygen atoms in total. The Hall–Kier alpha value is -1.76. The van der Waals surface area contributed by atoms with E-state index in [0.717, 1.165) is 0 Å². The van der Waals surface area contributed by atoms with Gasteiger partial charge < -0.3 is 5.11 Å². The van der Waals surface area contributed by atoms with Gasteiger partial charge in [0, 0.05) is 0 Å². The lowest BCUT2D eigenvalue weighted by atomic mass is 10.6. The zero-order valence-electron chi connectivity index (χ0n) is 6.75. The van der Waals surface area contributed by atoms with E-state index in [1.165, 1.54) is 6.33 Å². The van der Waals surface area contributed by atoms with Crippen molar-refractivity contribution < 1.29 is 5.11 Å². The first-order valence-electron chi connectivity index (χ1n) is 3.72. The molecule has 0 aliphatic carbocycles. The van der Waals surface area contributed by atoms with Crippen LogP contribution in [-0.2, 0) is 13.2 Å². The largest absolute Gasteiger partial charge is 0.388 e. The second kappa shape index (κ2) is 3.31. The molecule has 0 atom stereocenters. The minimum atomic E-state index is -0.159. The lowest BCUT2D eigenvalue weighted by molar-refractivity contribution is 0.271. The van der Waals surface area contributed by atoms with Crippen molar-refractivity contribution in [1.82, 2.24) is 29.9 Å². The molecule has 0 saturated heterocycles. The molecule has 2 N–H and O–H groups in total. The molecule has 2 aromatic heterocycles. The van der Waals surface area contributed by atoms with Crippen molar-refractivity contribution in [3.05, 3.63) is 24.3 Å². The van der Waals surface area contributed by atoms with Gasteiger partial charge in [-0.3, -0.25) is 5.10 Å². The van der Waals surface area contributed by atoms with Crippen LogP contribution in [0.5, 0.6) is 0 Å². The maximum atomic E-state index is 8.70. The number of nitrogens with zero attached hydrogens (tertiary/aromatic N) is 5. The van der Waals surface area contributed by atoms with Crippen LogP contribution in [0.1, 0.15) is 11.6 Å². The van der Waals surface area contributed by atoms with E-state index >= 15 is 0 Å². The highest BCUT2D eigenvalue weighted by atomic mass is 16.3. The number of H-pyrrole nitrogens is 1. The Balaban J connectivity index is 2.10. The molecule has 0 amide bonds. The number of nitrogens with one attached hydrogen (secondary N) is 1. The molecule has 2 rings (SSSR count). The Morgan fingerprint density at radius 1 is 1.54 bits per heavy atom. The summed E-state index contributed by atoms with van der Waals surface area (Å²) >= 11 is 0. The Bertz CT molecular complexity index is 366. The molecule has 0 fully saturated rings. The molecule has 0 aliphatic rings. The third-order valence-corrected chi connectivity index (χ3v) is 1.50. The van der Waals surface area contributed by atoms with Crippen molar-refractivity contribution in [2.45, 2.75) is 13.2 Å². The second-order valence-electron chi connectivity index (χ2n) is 2.45. The van der Waals surface area contributed by atoms with Gasteiger partial charge in [0.05, 0.1) is 0 Å². The SMILES string of the molecule is OCc1n[nH]c(Cn2cncn2)n1. The molecule has 2 heterocycles. The first-order chi connectivity index (χ1) is 6.38. The number of rotatable bonds is 3. The maximum absolute atomic E-state index is 8.70. The van der Waals surface area contributed by atoms with Crippen LogP contribution in [0, 0.1) is 0 Å². The van der Waals surface area contributed by atoms with Gasteiger partial charge in [-0.25, -0.2) is 14.6 Å². The van der Waals surface area contributed by atoms with Gasteiger partial charge in [-0.2, -0.15) is 10.2 Å². The highest BCUT2D eigenvalue weighted by Crippen LogP contribution is 1.94. The van der Waals surface area contributed by atoms with E-state index in [1.807, 2.05) is 0 Å². The van der Waals surface area contributed by atoms with Crippen molar-refractivity contribution in [3.8, 4) is 0 Å². The van der Waals surface area contributed by atoms with Crippen LogP contribution >= 0.6 is 0 Å². The highest BCUT2D eigenvalue weighted by molar-refractivity contribution is 4.88. The first-order valence-corrected chi connectivity index (χ1v) is 3.72. The Morgan fingerprint density at radius 3 is 3.08 bits per heavy atom. The summed E-state index contributed by atoms with van der Waals surface area (Å²) in [5, 5.41) is 19.1. The molecule has 0 saturated carbocycles. The molecular weight excluding hydrogens is 172 g/mol. The summed E-state index contributed by atoms with van der Waals surface area (Å²) in [7, 11) is 0. The standard InChI is InChI=1S/C6H8N6O/c13-2-6-9-5(10-11-6)1-12-4-7-3-8-12/h3-4,13H,1-2H2,(H,9,10,11). The minimum Gasteiger partial charge on any atom is -0.388 e. The quantitative estimate of drug-likeness (QED) is 0.627. The summed E-state index contributed by atoms with van der Waals surface area (Å²) in [6.07, 6.45) is 3.03. The molecular formula is C6H8N6O. The number of aliphatic hydroxyl groups excluding tert-OH is 1. The predicted molar refractivity (Wildman–Crippen MR) is 41.4 cm³/mol. The Labute approximate surface area is 73.5 Å². The fourth-order valence-corrected chi connectivity index (χ4v) is 0.944. The van der Waals surface area contributed by atoms with Crippen molar-refractivity contribution in [2.75, 3.05) is 0 Å². The average molecular weight is 180 g/mol. The van der Waals surface area contributed by atoms with E-state index in [-0.39, 0.29) is 6.61 Å². The molecule has 0 aliphatic heterocycles. The molecule has 68 valence electrons. The van der Waals surface area contributed by atoms with Crippen molar-refractivity contribution in [2.24, 2.45) is 0 Å². The summed E-state index contributed by atoms with van der Waals surface area (Å²) in [6.45, 7) is 0.320. The molecule has 0 spiro atoms. The van der Waals surface area contributed by atoms with Crippen LogP contribution < -0.4 is 0 Å². The van der Waals surface area contributed by atoms with Crippen molar-refractivity contribution >= 4 is 0 Å². The monoisotopic (exact) mass is 180 g/mol. The minimum absolute atomic E-state index is 0.159. The summed E-state index contributed by atoms with van der Waals surface area (Å²) in [4.78, 5) is 7.78. The Morgan fingerprint density at radius 2 is 2.46 bits per heavy atom. The highest BCUT2D eigenvalue weighted by Gasteiger charge is 2.02. The van der Waals surface area contributed by atoms with Gasteiger partial charge in [0.25, 0.3) is 0 Å². The fourth-order valence-electron chi connectivity index (χ4n) is 0.944. The topological polar surface area (TPSA) is 92.5 Å². The van der Waals surface area contributed by atoms with Crippen LogP contribution in [0.3, 0.4) is 0 Å². The van der Waals surface area contributed by atoms with Crippen LogP contribution in [0.2, 0.25) is 0 Å². The lowest BCUT2D eigenvalue weighted by Gasteiger charge is -1.93. The smallest absolute Gasteiger partial charge is 0.176 e. The average Bonchev–Trinajstić information content (AvgIpc) is 2.76. The summed E-state index contributed by atoms with van der Waals surface area (Å²) in [5.74, 6) is 1.03. The summed E-state index contributed by atoms with van der Waals surface area (Å²) < 4.78 is 1.61. The van der Waals surface area contributed by atoms with E-state index < -0.39 is 0 Å². The number of aromatic nitrogens is 6. The van der Waals surface area contributed by atoms with Gasteiger partial charge in [0.15, 0.2) is 5.82 Å². The normalized spacial score (nSPS) is 10.5. The first kappa shape index (κ1) is 7.87. The fraction of sp³-hybridized carbons (Fsp3) is 0.333. The lowest BCUT2D eigenvalue weighted by Crippen LogP contribution is -2.01. The van der Waals surface area contributed by atoms with Gasteiger partial charge in [0.2, 0.25) is 0 Å². The van der Waals surface area contributed by atoms with Crippen molar-refractivity contribution in [3.63, 3.8) is 0 Å². The van der Waals surface area contributed by atoms with E-state index in [9.17, 15) is 0 Å². The molecule has 13 heavy (non-hydrogen) atoms. The summed E-state index contributed by atoms with van der Waals surface area (Å²) in [5.41, 5.74) is 0. The number of aromatic amines is 1. The van der Waals surface area contributed by atoms with E-state index in [2.05, 4.69) is 25.3 Å². The Kier molecular flexibility index (Phi) is 2.01. The molecule has 0 aromatic carbocycles. The van der Waals surface area contributed by atoms with Gasteiger partial charge in [0.1, 0.15) is 31.6 Å². The van der Waals surface area contributed by atoms with Gasteiger partial charge >= 0.3 is 0 Å². The number of hydrogen-bond donors (Lipinski definition) is 2. The summed E-state index contributed by atoms with van der Waals surface area (Å²) in [6, 6.07) is 0. The predicted octanol–water partition coefficient (Wildman–Crippen LogP) is -1.06. The second-order valence-corrected chi connectivity index (χ2v) is 2.45. The van der Waals surface area contributed by atoms with Crippen LogP contribution in [-0.4, -0.2) is 35.1 Å². The van der Waals surface area contributed by atoms with E-state index in [0.29, 0.717) is 18.2 Å². The van der Waals surface area contributed by atoms with Crippen LogP contribution in [0.4, 0.5) is 0 Å². The van der Waals surface area contributed by atoms with Crippen LogP contribution in [0.15, 0.2) is 12.7 Å². The number of aliphatic hydroxyl groups is 1. The molecule has 0 bridgehead atoms. The third-order valence-electron chi connectivity index (χ3n) is 1.50. The van der Waals surface area contributed by atoms with Gasteiger partial charge in [-0.15, -0.1) is 0 Å². The zero-order valence-corrected chi connectivity index (χ0v) is 6.75. The van der Waals surface area contributed by atoms with Crippen molar-refractivity contribution in [1.29, 1.82) is 0 Å². The van der Waals surface area contributed by atoms with Gasteiger partial charge in [-0.1, -0.05) is 0 Å². The molecule has 2 aromatic rings. The molecule has 7 heteroatoms. The van der Waals surface area contributed by atoms with Gasteiger partial charge in [-0.05, 0) is 0 Å². The van der Waals surface area contributed by atoms with E-state index in [1.54, 1.807) is 11.0 Å². The van der Waals surface area contributed by atoms with E-state index in [4.69, 9.17) is 5.11 Å². The molecule has 0 radical (unpaired) electrons. The third kappa shape index (κ3) is 1.70. The zero-order chi connectivity index (χ0) is 9.10. The molecule has 0 unspecified atom stereocenters. The van der Waals surface area contributed by atoms with Crippen LogP contribution in [0.25, 0.3) is 0 Å². The number of hydrogen-bond acceptors (Lipinski definition) is 5. The maximum Gasteiger partial charge on any atom is 0.176 e.